The van der Waals surface area contributed by atoms with E-state index in [1.54, 1.807) is 4.90 Å². The van der Waals surface area contributed by atoms with E-state index in [1.165, 1.54) is 0 Å². The van der Waals surface area contributed by atoms with Crippen LogP contribution in [0.25, 0.3) is 0 Å². The van der Waals surface area contributed by atoms with E-state index in [9.17, 15) is 14.7 Å². The van der Waals surface area contributed by atoms with E-state index in [2.05, 4.69) is 0 Å². The smallest absolute Gasteiger partial charge is 0.311 e. The average Bonchev–Trinajstić information content (AvgIpc) is 2.44. The Morgan fingerprint density at radius 3 is 2.70 bits per heavy atom. The quantitative estimate of drug-likeness (QED) is 0.695. The lowest BCUT2D eigenvalue weighted by atomic mass is 9.76. The molecule has 0 saturated carbocycles. The topological polar surface area (TPSA) is 66.8 Å². The second-order valence-electron chi connectivity index (χ2n) is 5.55. The molecule has 0 spiro atoms. The number of carbonyl (C=O) groups excluding carboxylic acids is 1. The molecule has 0 aromatic heterocycles. The van der Waals surface area contributed by atoms with Crippen LogP contribution in [0.1, 0.15) is 52.4 Å². The van der Waals surface area contributed by atoms with E-state index in [1.807, 2.05) is 13.8 Å². The molecular weight excluding hydrogens is 258 g/mol. The highest BCUT2D eigenvalue weighted by atomic mass is 16.5. The lowest BCUT2D eigenvalue weighted by Gasteiger charge is -2.40. The van der Waals surface area contributed by atoms with Crippen LogP contribution in [0.3, 0.4) is 0 Å². The molecule has 5 nitrogen and oxygen atoms in total. The molecule has 1 amide bonds. The van der Waals surface area contributed by atoms with Crippen molar-refractivity contribution >= 4 is 11.9 Å². The van der Waals surface area contributed by atoms with Gasteiger partial charge in [0.05, 0.1) is 5.41 Å². The van der Waals surface area contributed by atoms with Crippen LogP contribution in [0.15, 0.2) is 0 Å². The number of aliphatic carboxylic acids is 1. The monoisotopic (exact) mass is 285 g/mol. The Labute approximate surface area is 121 Å². The molecule has 20 heavy (non-hydrogen) atoms. The van der Waals surface area contributed by atoms with Crippen LogP contribution in [0, 0.1) is 5.41 Å². The minimum Gasteiger partial charge on any atom is -0.481 e. The van der Waals surface area contributed by atoms with Crippen LogP contribution in [0.5, 0.6) is 0 Å². The Balaban J connectivity index is 2.54. The van der Waals surface area contributed by atoms with Gasteiger partial charge in [0, 0.05) is 32.7 Å². The maximum atomic E-state index is 12.2. The Hall–Kier alpha value is -1.10. The Morgan fingerprint density at radius 2 is 2.10 bits per heavy atom. The predicted molar refractivity (Wildman–Crippen MR) is 76.5 cm³/mol. The number of carboxylic acid groups (broad SMARTS) is 1. The zero-order valence-electron chi connectivity index (χ0n) is 12.7. The van der Waals surface area contributed by atoms with Gasteiger partial charge in [-0.05, 0) is 32.6 Å². The Kier molecular flexibility index (Phi) is 6.99. The van der Waals surface area contributed by atoms with Crippen LogP contribution in [0.2, 0.25) is 0 Å². The number of nitrogens with zero attached hydrogens (tertiary/aromatic N) is 1. The molecule has 0 aromatic rings. The fourth-order valence-electron chi connectivity index (χ4n) is 2.94. The standard InChI is InChI=1S/C15H27NO4/c1-3-8-15(14(18)19)9-6-10-16(12-15)13(17)7-5-11-20-4-2/h3-12H2,1-2H3,(H,18,19). The normalized spacial score (nSPS) is 22.8. The minimum atomic E-state index is -0.758. The molecule has 1 N–H and O–H groups in total. The third-order valence-corrected chi connectivity index (χ3v) is 4.00. The number of ether oxygens (including phenoxy) is 1. The summed E-state index contributed by atoms with van der Waals surface area (Å²) < 4.78 is 5.22. The SMILES string of the molecule is CCCC1(C(=O)O)CCCN(C(=O)CCCOCC)C1. The predicted octanol–water partition coefficient (Wildman–Crippen LogP) is 2.30. The van der Waals surface area contributed by atoms with Gasteiger partial charge in [0.25, 0.3) is 0 Å². The van der Waals surface area contributed by atoms with Crippen molar-refractivity contribution in [3.05, 3.63) is 0 Å². The van der Waals surface area contributed by atoms with Gasteiger partial charge in [0.15, 0.2) is 0 Å². The number of piperidine rings is 1. The molecule has 1 atom stereocenters. The van der Waals surface area contributed by atoms with Crippen molar-refractivity contribution < 1.29 is 19.4 Å². The highest BCUT2D eigenvalue weighted by Gasteiger charge is 2.42. The molecule has 0 aliphatic carbocycles. The first kappa shape index (κ1) is 17.0. The van der Waals surface area contributed by atoms with Crippen molar-refractivity contribution in [2.45, 2.75) is 52.4 Å². The maximum Gasteiger partial charge on any atom is 0.311 e. The lowest BCUT2D eigenvalue weighted by molar-refractivity contribution is -0.155. The van der Waals surface area contributed by atoms with Crippen LogP contribution in [-0.2, 0) is 14.3 Å². The van der Waals surface area contributed by atoms with E-state index in [-0.39, 0.29) is 5.91 Å². The fourth-order valence-corrected chi connectivity index (χ4v) is 2.94. The van der Waals surface area contributed by atoms with Crippen molar-refractivity contribution in [3.8, 4) is 0 Å². The fraction of sp³-hybridized carbons (Fsp3) is 0.867. The maximum absolute atomic E-state index is 12.2. The zero-order chi connectivity index (χ0) is 15.0. The van der Waals surface area contributed by atoms with Crippen LogP contribution < -0.4 is 0 Å². The van der Waals surface area contributed by atoms with E-state index in [0.717, 1.165) is 12.8 Å². The van der Waals surface area contributed by atoms with Gasteiger partial charge in [-0.2, -0.15) is 0 Å². The highest BCUT2D eigenvalue weighted by Crippen LogP contribution is 2.35. The molecule has 1 aliphatic rings. The van der Waals surface area contributed by atoms with Crippen molar-refractivity contribution in [1.82, 2.24) is 4.90 Å². The number of hydrogen-bond donors (Lipinski definition) is 1. The first-order chi connectivity index (χ1) is 9.55. The molecule has 1 saturated heterocycles. The Morgan fingerprint density at radius 1 is 1.35 bits per heavy atom. The summed E-state index contributed by atoms with van der Waals surface area (Å²) in [6, 6.07) is 0. The molecule has 1 rings (SSSR count). The van der Waals surface area contributed by atoms with Crippen molar-refractivity contribution in [1.29, 1.82) is 0 Å². The van der Waals surface area contributed by atoms with Gasteiger partial charge < -0.3 is 14.7 Å². The average molecular weight is 285 g/mol. The molecule has 0 radical (unpaired) electrons. The molecule has 5 heteroatoms. The second kappa shape index (κ2) is 8.25. The number of hydrogen-bond acceptors (Lipinski definition) is 3. The largest absolute Gasteiger partial charge is 0.481 e. The van der Waals surface area contributed by atoms with Gasteiger partial charge in [-0.3, -0.25) is 9.59 Å². The molecule has 1 aliphatic heterocycles. The summed E-state index contributed by atoms with van der Waals surface area (Å²) in [6.07, 6.45) is 4.09. The van der Waals surface area contributed by atoms with Crippen LogP contribution >= 0.6 is 0 Å². The second-order valence-corrected chi connectivity index (χ2v) is 5.55. The molecule has 0 bridgehead atoms. The third-order valence-electron chi connectivity index (χ3n) is 4.00. The molecule has 1 heterocycles. The van der Waals surface area contributed by atoms with Crippen molar-refractivity contribution in [2.24, 2.45) is 5.41 Å². The number of likely N-dealkylation sites (tertiary alicyclic amines) is 1. The van der Waals surface area contributed by atoms with E-state index < -0.39 is 11.4 Å². The van der Waals surface area contributed by atoms with Gasteiger partial charge in [-0.25, -0.2) is 0 Å². The summed E-state index contributed by atoms with van der Waals surface area (Å²) in [6.45, 7) is 6.23. The number of rotatable bonds is 8. The summed E-state index contributed by atoms with van der Waals surface area (Å²) in [5.74, 6) is -0.697. The molecule has 116 valence electrons. The lowest BCUT2D eigenvalue weighted by Crippen LogP contribution is -2.49. The van der Waals surface area contributed by atoms with Gasteiger partial charge in [0.2, 0.25) is 5.91 Å². The first-order valence-corrected chi connectivity index (χ1v) is 7.64. The highest BCUT2D eigenvalue weighted by molar-refractivity contribution is 5.79. The number of carboxylic acids is 1. The summed E-state index contributed by atoms with van der Waals surface area (Å²) >= 11 is 0. The Bertz CT molecular complexity index is 328. The van der Waals surface area contributed by atoms with Gasteiger partial charge in [0.1, 0.15) is 0 Å². The summed E-state index contributed by atoms with van der Waals surface area (Å²) in [5.41, 5.74) is -0.734. The van der Waals surface area contributed by atoms with E-state index >= 15 is 0 Å². The van der Waals surface area contributed by atoms with Gasteiger partial charge in [-0.15, -0.1) is 0 Å². The number of amides is 1. The molecule has 1 unspecified atom stereocenters. The molecular formula is C15H27NO4. The van der Waals surface area contributed by atoms with Gasteiger partial charge >= 0.3 is 5.97 Å². The van der Waals surface area contributed by atoms with Crippen molar-refractivity contribution in [3.63, 3.8) is 0 Å². The first-order valence-electron chi connectivity index (χ1n) is 7.64. The van der Waals surface area contributed by atoms with Gasteiger partial charge in [-0.1, -0.05) is 13.3 Å². The van der Waals surface area contributed by atoms with E-state index in [4.69, 9.17) is 4.74 Å². The zero-order valence-corrected chi connectivity index (χ0v) is 12.7. The van der Waals surface area contributed by atoms with Crippen LogP contribution in [-0.4, -0.2) is 48.2 Å². The van der Waals surface area contributed by atoms with Crippen LogP contribution in [0.4, 0.5) is 0 Å². The van der Waals surface area contributed by atoms with E-state index in [0.29, 0.717) is 52.0 Å². The minimum absolute atomic E-state index is 0.0612. The summed E-state index contributed by atoms with van der Waals surface area (Å²) in [7, 11) is 0. The van der Waals surface area contributed by atoms with Crippen molar-refractivity contribution in [2.75, 3.05) is 26.3 Å². The molecule has 0 aromatic carbocycles. The molecule has 1 fully saturated rings. The third kappa shape index (κ3) is 4.47. The summed E-state index contributed by atoms with van der Waals surface area (Å²) in [4.78, 5) is 25.5. The number of carbonyl (C=O) groups is 2. The summed E-state index contributed by atoms with van der Waals surface area (Å²) in [5, 5.41) is 9.51.